The molecule has 0 unspecified atom stereocenters. The standard InChI is InChI=1S/C74H65N3O2/c1-46(2)50-19-29-60(30-20-50)75(61-31-21-51(22-32-61)47(3)4)64-37-27-54-41-66-67-45-69(77(58-15-11-9-12-16-58)59-17-13-10-14-18-59)74-72(73(67)78-70(66)43-56(54)39-64)68-42-55-28-38-65(40-57(55)44-71(68)79-74)76(62-33-23-52(24-34-62)48(5)6)63-35-25-53(26-36-63)49(7)8/h9-49H,1-8H3. The van der Waals surface area contributed by atoms with E-state index in [-0.39, 0.29) is 0 Å². The van der Waals surface area contributed by atoms with Gasteiger partial charge in [-0.2, -0.15) is 0 Å². The van der Waals surface area contributed by atoms with Gasteiger partial charge in [0.05, 0.1) is 11.1 Å². The minimum absolute atomic E-state index is 0.440. The highest BCUT2D eigenvalue weighted by Gasteiger charge is 2.26. The van der Waals surface area contributed by atoms with Gasteiger partial charge in [0.2, 0.25) is 0 Å². The Morgan fingerprint density at radius 1 is 0.266 bits per heavy atom. The number of hydrogen-bond acceptors (Lipinski definition) is 5. The van der Waals surface area contributed by atoms with E-state index in [1.54, 1.807) is 0 Å². The highest BCUT2D eigenvalue weighted by Crippen LogP contribution is 2.50. The van der Waals surface area contributed by atoms with Crippen LogP contribution in [0.4, 0.5) is 51.2 Å². The number of hydrogen-bond donors (Lipinski definition) is 0. The molecule has 11 aromatic carbocycles. The van der Waals surface area contributed by atoms with E-state index in [2.05, 4.69) is 295 Å². The molecule has 79 heavy (non-hydrogen) atoms. The zero-order chi connectivity index (χ0) is 54.1. The van der Waals surface area contributed by atoms with Gasteiger partial charge in [0.25, 0.3) is 0 Å². The highest BCUT2D eigenvalue weighted by atomic mass is 16.3. The van der Waals surface area contributed by atoms with Gasteiger partial charge in [0.15, 0.2) is 5.58 Å². The Bertz CT molecular complexity index is 4200. The van der Waals surface area contributed by atoms with E-state index in [4.69, 9.17) is 8.83 Å². The van der Waals surface area contributed by atoms with Crippen molar-refractivity contribution in [3.63, 3.8) is 0 Å². The fourth-order valence-corrected chi connectivity index (χ4v) is 11.6. The quantitative estimate of drug-likeness (QED) is 0.115. The van der Waals surface area contributed by atoms with E-state index < -0.39 is 0 Å². The minimum Gasteiger partial charge on any atom is -0.455 e. The van der Waals surface area contributed by atoms with E-state index >= 15 is 0 Å². The number of para-hydroxylation sites is 2. The minimum atomic E-state index is 0.440. The summed E-state index contributed by atoms with van der Waals surface area (Å²) in [5.41, 5.74) is 18.0. The van der Waals surface area contributed by atoms with Crippen LogP contribution in [0, 0.1) is 0 Å². The maximum Gasteiger partial charge on any atom is 0.163 e. The first kappa shape index (κ1) is 49.5. The average molecular weight is 1030 g/mol. The lowest BCUT2D eigenvalue weighted by molar-refractivity contribution is 0.663. The van der Waals surface area contributed by atoms with Crippen LogP contribution < -0.4 is 14.7 Å². The number of fused-ring (bicyclic) bond motifs is 9. The maximum atomic E-state index is 7.28. The molecule has 13 aromatic rings. The molecular weight excluding hydrogens is 963 g/mol. The van der Waals surface area contributed by atoms with Crippen LogP contribution in [0.25, 0.3) is 65.4 Å². The third-order valence-corrected chi connectivity index (χ3v) is 16.1. The molecule has 0 spiro atoms. The summed E-state index contributed by atoms with van der Waals surface area (Å²) in [4.78, 5) is 7.05. The summed E-state index contributed by atoms with van der Waals surface area (Å²) in [5, 5.41) is 8.45. The number of benzene rings is 11. The summed E-state index contributed by atoms with van der Waals surface area (Å²) >= 11 is 0. The molecule has 0 aliphatic heterocycles. The number of rotatable bonds is 13. The summed E-state index contributed by atoms with van der Waals surface area (Å²) < 4.78 is 14.5. The summed E-state index contributed by atoms with van der Waals surface area (Å²) in [6, 6.07) is 82.2. The lowest BCUT2D eigenvalue weighted by atomic mass is 10.00. The second-order valence-corrected chi connectivity index (χ2v) is 22.6. The van der Waals surface area contributed by atoms with E-state index in [0.717, 1.165) is 117 Å². The molecule has 0 aliphatic rings. The molecule has 2 heterocycles. The molecule has 0 atom stereocenters. The summed E-state index contributed by atoms with van der Waals surface area (Å²) in [6.45, 7) is 18.0. The second-order valence-electron chi connectivity index (χ2n) is 22.6. The monoisotopic (exact) mass is 1030 g/mol. The van der Waals surface area contributed by atoms with Crippen molar-refractivity contribution in [2.75, 3.05) is 14.7 Å². The fraction of sp³-hybridized carbons (Fsp3) is 0.162. The smallest absolute Gasteiger partial charge is 0.163 e. The summed E-state index contributed by atoms with van der Waals surface area (Å²) in [7, 11) is 0. The molecule has 0 radical (unpaired) electrons. The van der Waals surface area contributed by atoms with Crippen LogP contribution in [0.15, 0.2) is 233 Å². The normalized spacial score (nSPS) is 12.0. The van der Waals surface area contributed by atoms with Gasteiger partial charge >= 0.3 is 0 Å². The first-order valence-electron chi connectivity index (χ1n) is 28.1. The summed E-state index contributed by atoms with van der Waals surface area (Å²) in [6.07, 6.45) is 0. The van der Waals surface area contributed by atoms with Crippen LogP contribution in [0.2, 0.25) is 0 Å². The van der Waals surface area contributed by atoms with Crippen molar-refractivity contribution >= 4 is 117 Å². The van der Waals surface area contributed by atoms with Gasteiger partial charge in [-0.25, -0.2) is 0 Å². The van der Waals surface area contributed by atoms with Gasteiger partial charge in [-0.15, -0.1) is 0 Å². The number of nitrogens with zero attached hydrogens (tertiary/aromatic N) is 3. The third-order valence-electron chi connectivity index (χ3n) is 16.1. The van der Waals surface area contributed by atoms with Crippen molar-refractivity contribution in [3.8, 4) is 0 Å². The Balaban J connectivity index is 1.01. The molecule has 0 N–H and O–H groups in total. The van der Waals surface area contributed by atoms with Crippen molar-refractivity contribution in [1.29, 1.82) is 0 Å². The van der Waals surface area contributed by atoms with Crippen LogP contribution in [-0.2, 0) is 0 Å². The zero-order valence-corrected chi connectivity index (χ0v) is 46.3. The lowest BCUT2D eigenvalue weighted by Gasteiger charge is -2.26. The predicted molar refractivity (Wildman–Crippen MR) is 336 cm³/mol. The van der Waals surface area contributed by atoms with E-state index in [9.17, 15) is 0 Å². The van der Waals surface area contributed by atoms with Gasteiger partial charge in [-0.3, -0.25) is 0 Å². The van der Waals surface area contributed by atoms with Crippen molar-refractivity contribution < 1.29 is 8.83 Å². The first-order chi connectivity index (χ1) is 38.4. The van der Waals surface area contributed by atoms with Gasteiger partial charge in [-0.1, -0.05) is 152 Å². The van der Waals surface area contributed by atoms with Crippen LogP contribution >= 0.6 is 0 Å². The maximum absolute atomic E-state index is 7.28. The van der Waals surface area contributed by atoms with Crippen LogP contribution in [-0.4, -0.2) is 0 Å². The van der Waals surface area contributed by atoms with Gasteiger partial charge < -0.3 is 23.5 Å². The fourth-order valence-electron chi connectivity index (χ4n) is 11.6. The van der Waals surface area contributed by atoms with Crippen molar-refractivity contribution in [3.05, 3.63) is 247 Å². The highest BCUT2D eigenvalue weighted by molar-refractivity contribution is 6.27. The third kappa shape index (κ3) is 9.03. The Morgan fingerprint density at radius 2 is 0.608 bits per heavy atom. The van der Waals surface area contributed by atoms with Crippen molar-refractivity contribution in [1.82, 2.24) is 0 Å². The molecule has 0 fully saturated rings. The summed E-state index contributed by atoms with van der Waals surface area (Å²) in [5.74, 6) is 1.77. The van der Waals surface area contributed by atoms with Crippen LogP contribution in [0.5, 0.6) is 0 Å². The Kier molecular flexibility index (Phi) is 12.6. The van der Waals surface area contributed by atoms with E-state index in [1.165, 1.54) is 22.3 Å². The zero-order valence-electron chi connectivity index (χ0n) is 46.3. The Labute approximate surface area is 463 Å². The molecule has 388 valence electrons. The van der Waals surface area contributed by atoms with Crippen molar-refractivity contribution in [2.45, 2.75) is 79.1 Å². The molecule has 0 saturated carbocycles. The Hall–Kier alpha value is -9.06. The molecule has 0 aliphatic carbocycles. The van der Waals surface area contributed by atoms with Gasteiger partial charge in [-0.05, 0) is 195 Å². The predicted octanol–water partition coefficient (Wildman–Crippen LogP) is 22.7. The van der Waals surface area contributed by atoms with Gasteiger partial charge in [0.1, 0.15) is 16.7 Å². The topological polar surface area (TPSA) is 36.0 Å². The van der Waals surface area contributed by atoms with Gasteiger partial charge in [0, 0.05) is 61.7 Å². The number of anilines is 9. The second kappa shape index (κ2) is 20.1. The molecule has 13 rings (SSSR count). The van der Waals surface area contributed by atoms with Crippen molar-refractivity contribution in [2.24, 2.45) is 0 Å². The average Bonchev–Trinajstić information content (AvgIpc) is 4.10. The Morgan fingerprint density at radius 3 is 1.00 bits per heavy atom. The molecule has 0 saturated heterocycles. The molecule has 2 aromatic heterocycles. The first-order valence-corrected chi connectivity index (χ1v) is 28.1. The van der Waals surface area contributed by atoms with Crippen LogP contribution in [0.3, 0.4) is 0 Å². The molecule has 0 bridgehead atoms. The lowest BCUT2D eigenvalue weighted by Crippen LogP contribution is -2.10. The molecule has 5 heteroatoms. The van der Waals surface area contributed by atoms with E-state index in [0.29, 0.717) is 23.7 Å². The SMILES string of the molecule is CC(C)c1ccc(N(c2ccc(C(C)C)cc2)c2ccc3cc4c(cc3c2)oc2c4cc(N(c3ccccc3)c3ccccc3)c3oc4cc5cc(N(c6ccc(C(C)C)cc6)c6ccc(C(C)C)cc6)ccc5cc4c32)cc1. The largest absolute Gasteiger partial charge is 0.455 e. The number of furan rings is 2. The van der Waals surface area contributed by atoms with E-state index in [1.807, 2.05) is 0 Å². The molecular formula is C74H65N3O2. The van der Waals surface area contributed by atoms with Crippen LogP contribution in [0.1, 0.15) is 101 Å². The molecule has 5 nitrogen and oxygen atoms in total. The molecule has 0 amide bonds.